The van der Waals surface area contributed by atoms with Crippen LogP contribution in [0.25, 0.3) is 10.8 Å². The van der Waals surface area contributed by atoms with Gasteiger partial charge in [0.2, 0.25) is 15.9 Å². The lowest BCUT2D eigenvalue weighted by Crippen LogP contribution is -2.49. The molecule has 0 aliphatic rings. The zero-order valence-electron chi connectivity index (χ0n) is 18.5. The van der Waals surface area contributed by atoms with E-state index < -0.39 is 27.8 Å². The highest BCUT2D eigenvalue weighted by Gasteiger charge is 2.30. The molecule has 0 unspecified atom stereocenters. The number of sulfonamides is 1. The molecule has 8 heteroatoms. The number of carbonyl (C=O) groups excluding carboxylic acids is 1. The Morgan fingerprint density at radius 2 is 1.75 bits per heavy atom. The predicted octanol–water partition coefficient (Wildman–Crippen LogP) is 3.95. The summed E-state index contributed by atoms with van der Waals surface area (Å²) in [6, 6.07) is 15.8. The molecule has 1 atom stereocenters. The van der Waals surface area contributed by atoms with Gasteiger partial charge in [-0.05, 0) is 46.5 Å². The van der Waals surface area contributed by atoms with Crippen LogP contribution in [0, 0.1) is 11.7 Å². The smallest absolute Gasteiger partial charge is 0.241 e. The van der Waals surface area contributed by atoms with Crippen molar-refractivity contribution in [1.82, 2.24) is 9.62 Å². The number of halogens is 1. The number of methoxy groups -OCH3 is 1. The van der Waals surface area contributed by atoms with E-state index in [0.717, 1.165) is 10.8 Å². The van der Waals surface area contributed by atoms with Gasteiger partial charge in [-0.3, -0.25) is 4.79 Å². The van der Waals surface area contributed by atoms with Crippen molar-refractivity contribution < 1.29 is 22.3 Å². The van der Waals surface area contributed by atoms with Crippen molar-refractivity contribution in [2.75, 3.05) is 14.2 Å². The van der Waals surface area contributed by atoms with Crippen molar-refractivity contribution in [3.05, 3.63) is 72.0 Å². The molecule has 0 saturated carbocycles. The maximum atomic E-state index is 14.0. The van der Waals surface area contributed by atoms with Gasteiger partial charge in [0.1, 0.15) is 6.04 Å². The lowest BCUT2D eigenvalue weighted by Gasteiger charge is -2.27. The molecule has 32 heavy (non-hydrogen) atoms. The number of fused-ring (bicyclic) bond motifs is 1. The maximum Gasteiger partial charge on any atom is 0.241 e. The quantitative estimate of drug-likeness (QED) is 0.555. The minimum Gasteiger partial charge on any atom is -0.494 e. The van der Waals surface area contributed by atoms with Crippen LogP contribution in [0.15, 0.2) is 65.6 Å². The van der Waals surface area contributed by atoms with Gasteiger partial charge < -0.3 is 9.64 Å². The van der Waals surface area contributed by atoms with Crippen molar-refractivity contribution in [3.8, 4) is 5.75 Å². The number of hydrogen-bond donors (Lipinski definition) is 1. The Bertz CT molecular complexity index is 1230. The first-order chi connectivity index (χ1) is 15.1. The van der Waals surface area contributed by atoms with Crippen LogP contribution in [0.4, 0.5) is 4.39 Å². The fourth-order valence-electron chi connectivity index (χ4n) is 3.44. The van der Waals surface area contributed by atoms with E-state index in [-0.39, 0.29) is 23.1 Å². The Kier molecular flexibility index (Phi) is 7.16. The second-order valence-electron chi connectivity index (χ2n) is 8.02. The van der Waals surface area contributed by atoms with Crippen LogP contribution in [0.5, 0.6) is 5.75 Å². The molecular weight excluding hydrogens is 431 g/mol. The van der Waals surface area contributed by atoms with Crippen molar-refractivity contribution in [3.63, 3.8) is 0 Å². The van der Waals surface area contributed by atoms with E-state index in [4.69, 9.17) is 4.74 Å². The average molecular weight is 459 g/mol. The Hall–Kier alpha value is -2.97. The van der Waals surface area contributed by atoms with E-state index in [0.29, 0.717) is 5.56 Å². The Morgan fingerprint density at radius 3 is 2.38 bits per heavy atom. The van der Waals surface area contributed by atoms with Crippen LogP contribution in [-0.2, 0) is 21.4 Å². The molecule has 1 amide bonds. The molecule has 170 valence electrons. The number of nitrogens with zero attached hydrogens (tertiary/aromatic N) is 1. The van der Waals surface area contributed by atoms with Gasteiger partial charge in [0.05, 0.1) is 12.0 Å². The third kappa shape index (κ3) is 5.26. The largest absolute Gasteiger partial charge is 0.494 e. The number of ether oxygens (including phenoxy) is 1. The fourth-order valence-corrected chi connectivity index (χ4v) is 4.81. The first kappa shape index (κ1) is 23.7. The molecule has 3 aromatic rings. The van der Waals surface area contributed by atoms with Crippen molar-refractivity contribution >= 4 is 26.7 Å². The molecule has 0 saturated heterocycles. The first-order valence-corrected chi connectivity index (χ1v) is 11.7. The molecule has 0 aromatic heterocycles. The number of nitrogens with one attached hydrogen (secondary N) is 1. The molecule has 0 aliphatic carbocycles. The predicted molar refractivity (Wildman–Crippen MR) is 122 cm³/mol. The highest BCUT2D eigenvalue weighted by molar-refractivity contribution is 7.89. The first-order valence-electron chi connectivity index (χ1n) is 10.2. The summed E-state index contributed by atoms with van der Waals surface area (Å²) in [4.78, 5) is 14.6. The fraction of sp³-hybridized carbons (Fsp3) is 0.292. The van der Waals surface area contributed by atoms with E-state index >= 15 is 0 Å². The zero-order chi connectivity index (χ0) is 23.5. The third-order valence-electron chi connectivity index (χ3n) is 5.26. The molecule has 0 fully saturated rings. The number of hydrogen-bond acceptors (Lipinski definition) is 4. The van der Waals surface area contributed by atoms with Crippen molar-refractivity contribution in [1.29, 1.82) is 0 Å². The van der Waals surface area contributed by atoms with Crippen LogP contribution in [0.3, 0.4) is 0 Å². The van der Waals surface area contributed by atoms with Gasteiger partial charge in [0.15, 0.2) is 11.6 Å². The summed E-state index contributed by atoms with van der Waals surface area (Å²) in [5, 5.41) is 1.72. The topological polar surface area (TPSA) is 75.7 Å². The third-order valence-corrected chi connectivity index (χ3v) is 6.70. The average Bonchev–Trinajstić information content (AvgIpc) is 2.76. The van der Waals surface area contributed by atoms with Crippen LogP contribution in [-0.4, -0.2) is 39.4 Å². The van der Waals surface area contributed by atoms with Gasteiger partial charge in [-0.25, -0.2) is 12.8 Å². The molecule has 0 aliphatic heterocycles. The van der Waals surface area contributed by atoms with Gasteiger partial charge in [-0.2, -0.15) is 4.72 Å². The Labute approximate surface area is 188 Å². The van der Waals surface area contributed by atoms with Gasteiger partial charge >= 0.3 is 0 Å². The van der Waals surface area contributed by atoms with E-state index in [1.165, 1.54) is 30.2 Å². The van der Waals surface area contributed by atoms with Crippen LogP contribution in [0.2, 0.25) is 0 Å². The monoisotopic (exact) mass is 458 g/mol. The van der Waals surface area contributed by atoms with E-state index in [1.807, 2.05) is 24.3 Å². The summed E-state index contributed by atoms with van der Waals surface area (Å²) >= 11 is 0. The van der Waals surface area contributed by atoms with E-state index in [1.54, 1.807) is 39.1 Å². The van der Waals surface area contributed by atoms with Crippen LogP contribution >= 0.6 is 0 Å². The summed E-state index contributed by atoms with van der Waals surface area (Å²) in [5.74, 6) is -1.11. The molecule has 0 heterocycles. The highest BCUT2D eigenvalue weighted by atomic mass is 32.2. The van der Waals surface area contributed by atoms with Crippen molar-refractivity contribution in [2.45, 2.75) is 31.3 Å². The number of amides is 1. The molecular formula is C24H27FN2O4S. The molecule has 1 N–H and O–H groups in total. The normalized spacial score (nSPS) is 12.7. The van der Waals surface area contributed by atoms with Gasteiger partial charge in [0.25, 0.3) is 0 Å². The number of likely N-dealkylation sites (N-methyl/N-ethyl adjacent to an activating group) is 1. The molecule has 0 bridgehead atoms. The van der Waals surface area contributed by atoms with Gasteiger partial charge in [-0.1, -0.05) is 50.2 Å². The van der Waals surface area contributed by atoms with E-state index in [2.05, 4.69) is 4.72 Å². The Morgan fingerprint density at radius 1 is 1.06 bits per heavy atom. The molecule has 3 rings (SSSR count). The number of rotatable bonds is 8. The zero-order valence-corrected chi connectivity index (χ0v) is 19.3. The second kappa shape index (κ2) is 9.67. The lowest BCUT2D eigenvalue weighted by molar-refractivity contribution is -0.133. The highest BCUT2D eigenvalue weighted by Crippen LogP contribution is 2.21. The number of benzene rings is 3. The summed E-state index contributed by atoms with van der Waals surface area (Å²) in [6.45, 7) is 3.67. The summed E-state index contributed by atoms with van der Waals surface area (Å²) < 4.78 is 47.6. The molecule has 6 nitrogen and oxygen atoms in total. The molecule has 0 radical (unpaired) electrons. The van der Waals surface area contributed by atoms with Crippen LogP contribution in [0.1, 0.15) is 19.4 Å². The Balaban J connectivity index is 1.80. The van der Waals surface area contributed by atoms with Crippen LogP contribution < -0.4 is 9.46 Å². The summed E-state index contributed by atoms with van der Waals surface area (Å²) in [5.41, 5.74) is 0.569. The summed E-state index contributed by atoms with van der Waals surface area (Å²) in [6.07, 6.45) is 0. The number of carbonyl (C=O) groups is 1. The minimum absolute atomic E-state index is 0.0922. The minimum atomic E-state index is -3.94. The van der Waals surface area contributed by atoms with Crippen molar-refractivity contribution in [2.24, 2.45) is 5.92 Å². The molecule has 3 aromatic carbocycles. The lowest BCUT2D eigenvalue weighted by atomic mass is 10.0. The molecule has 0 spiro atoms. The SMILES string of the molecule is COc1ccc(CN(C)C(=O)[C@H](NS(=O)(=O)c2ccc3ccccc3c2)C(C)C)cc1F. The van der Waals surface area contributed by atoms with Gasteiger partial charge in [0, 0.05) is 13.6 Å². The summed E-state index contributed by atoms with van der Waals surface area (Å²) in [7, 11) is -1.000. The van der Waals surface area contributed by atoms with E-state index in [9.17, 15) is 17.6 Å². The standard InChI is InChI=1S/C24H27FN2O4S/c1-16(2)23(24(28)27(3)15-17-9-12-22(31-4)21(25)13-17)26-32(29,30)20-11-10-18-7-5-6-8-19(18)14-20/h5-14,16,23,26H,15H2,1-4H3/t23-/m1/s1. The maximum absolute atomic E-state index is 14.0. The second-order valence-corrected chi connectivity index (χ2v) is 9.73. The van der Waals surface area contributed by atoms with Gasteiger partial charge in [-0.15, -0.1) is 0 Å².